The van der Waals surface area contributed by atoms with Crippen LogP contribution in [0, 0.1) is 0 Å². The topological polar surface area (TPSA) is 43.1 Å². The van der Waals surface area contributed by atoms with E-state index in [4.69, 9.17) is 17.3 Å². The van der Waals surface area contributed by atoms with Crippen molar-refractivity contribution in [1.82, 2.24) is 0 Å². The molecule has 0 radical (unpaired) electrons. The van der Waals surface area contributed by atoms with Crippen LogP contribution in [0.25, 0.3) is 0 Å². The molecule has 0 unspecified atom stereocenters. The van der Waals surface area contributed by atoms with Crippen LogP contribution in [0.2, 0.25) is 5.02 Å². The van der Waals surface area contributed by atoms with Crippen LogP contribution in [0.3, 0.4) is 0 Å². The summed E-state index contributed by atoms with van der Waals surface area (Å²) in [6, 6.07) is 13.2. The molecule has 20 heavy (non-hydrogen) atoms. The Morgan fingerprint density at radius 3 is 2.35 bits per heavy atom. The maximum atomic E-state index is 12.2. The number of carbonyl (C=O) groups excluding carboxylic acids is 1. The van der Waals surface area contributed by atoms with Crippen LogP contribution in [-0.2, 0) is 6.42 Å². The van der Waals surface area contributed by atoms with E-state index in [2.05, 4.69) is 26.0 Å². The summed E-state index contributed by atoms with van der Waals surface area (Å²) in [4.78, 5) is 12.2. The van der Waals surface area contributed by atoms with E-state index in [1.165, 1.54) is 5.56 Å². The fourth-order valence-corrected chi connectivity index (χ4v) is 2.14. The normalized spacial score (nSPS) is 10.8. The summed E-state index contributed by atoms with van der Waals surface area (Å²) in [5.74, 6) is 0.543. The molecule has 0 fully saturated rings. The van der Waals surface area contributed by atoms with Crippen molar-refractivity contribution < 1.29 is 4.79 Å². The first-order valence-electron chi connectivity index (χ1n) is 6.64. The SMILES string of the molecule is CC(C)c1ccc(CC(=O)c2ccc(Cl)c(N)c2)cc1. The number of hydrogen-bond donors (Lipinski definition) is 1. The zero-order valence-corrected chi connectivity index (χ0v) is 12.4. The van der Waals surface area contributed by atoms with E-state index < -0.39 is 0 Å². The Labute approximate surface area is 124 Å². The Balaban J connectivity index is 2.12. The van der Waals surface area contributed by atoms with Gasteiger partial charge in [-0.15, -0.1) is 0 Å². The highest BCUT2D eigenvalue weighted by Crippen LogP contribution is 2.21. The summed E-state index contributed by atoms with van der Waals surface area (Å²) < 4.78 is 0. The van der Waals surface area contributed by atoms with Crippen molar-refractivity contribution in [1.29, 1.82) is 0 Å². The van der Waals surface area contributed by atoms with Gasteiger partial charge in [0.05, 0.1) is 10.7 Å². The van der Waals surface area contributed by atoms with E-state index in [0.717, 1.165) is 5.56 Å². The highest BCUT2D eigenvalue weighted by molar-refractivity contribution is 6.33. The zero-order valence-electron chi connectivity index (χ0n) is 11.7. The molecule has 3 heteroatoms. The maximum absolute atomic E-state index is 12.2. The quantitative estimate of drug-likeness (QED) is 0.666. The van der Waals surface area contributed by atoms with Crippen molar-refractivity contribution in [2.75, 3.05) is 5.73 Å². The van der Waals surface area contributed by atoms with Crippen LogP contribution in [0.15, 0.2) is 42.5 Å². The van der Waals surface area contributed by atoms with Crippen molar-refractivity contribution in [2.45, 2.75) is 26.2 Å². The summed E-state index contributed by atoms with van der Waals surface area (Å²) in [6.07, 6.45) is 0.374. The van der Waals surface area contributed by atoms with Gasteiger partial charge < -0.3 is 5.73 Å². The average molecular weight is 288 g/mol. The molecule has 0 saturated heterocycles. The number of hydrogen-bond acceptors (Lipinski definition) is 2. The fourth-order valence-electron chi connectivity index (χ4n) is 2.03. The van der Waals surface area contributed by atoms with Crippen LogP contribution in [0.4, 0.5) is 5.69 Å². The summed E-state index contributed by atoms with van der Waals surface area (Å²) in [5.41, 5.74) is 9.04. The van der Waals surface area contributed by atoms with Crippen LogP contribution < -0.4 is 5.73 Å². The fraction of sp³-hybridized carbons (Fsp3) is 0.235. The molecule has 2 rings (SSSR count). The van der Waals surface area contributed by atoms with E-state index in [1.54, 1.807) is 18.2 Å². The molecule has 0 aliphatic rings. The van der Waals surface area contributed by atoms with E-state index >= 15 is 0 Å². The third-order valence-electron chi connectivity index (χ3n) is 3.33. The van der Waals surface area contributed by atoms with E-state index in [-0.39, 0.29) is 5.78 Å². The van der Waals surface area contributed by atoms with Gasteiger partial charge in [-0.1, -0.05) is 49.7 Å². The third-order valence-corrected chi connectivity index (χ3v) is 3.67. The first kappa shape index (κ1) is 14.6. The van der Waals surface area contributed by atoms with Gasteiger partial charge in [-0.05, 0) is 35.2 Å². The molecule has 2 aromatic rings. The maximum Gasteiger partial charge on any atom is 0.167 e. The molecule has 0 amide bonds. The molecular weight excluding hydrogens is 270 g/mol. The second kappa shape index (κ2) is 6.10. The lowest BCUT2D eigenvalue weighted by Crippen LogP contribution is -2.04. The Morgan fingerprint density at radius 2 is 1.80 bits per heavy atom. The Kier molecular flexibility index (Phi) is 4.46. The minimum absolute atomic E-state index is 0.0469. The summed E-state index contributed by atoms with van der Waals surface area (Å²) in [5, 5.41) is 0.475. The molecular formula is C17H18ClNO. The lowest BCUT2D eigenvalue weighted by Gasteiger charge is -2.07. The summed E-state index contributed by atoms with van der Waals surface area (Å²) in [6.45, 7) is 4.30. The van der Waals surface area contributed by atoms with Crippen LogP contribution in [-0.4, -0.2) is 5.78 Å². The number of rotatable bonds is 4. The number of nitrogens with two attached hydrogens (primary N) is 1. The molecule has 0 heterocycles. The number of halogens is 1. The van der Waals surface area contributed by atoms with Crippen molar-refractivity contribution in [3.05, 3.63) is 64.2 Å². The number of carbonyl (C=O) groups is 1. The van der Waals surface area contributed by atoms with Gasteiger partial charge >= 0.3 is 0 Å². The molecule has 2 nitrogen and oxygen atoms in total. The second-order valence-electron chi connectivity index (χ2n) is 5.23. The van der Waals surface area contributed by atoms with Gasteiger partial charge in [0.25, 0.3) is 0 Å². The lowest BCUT2D eigenvalue weighted by atomic mass is 9.98. The minimum Gasteiger partial charge on any atom is -0.398 e. The predicted octanol–water partition coefficient (Wildman–Crippen LogP) is 4.47. The van der Waals surface area contributed by atoms with Gasteiger partial charge in [0, 0.05) is 12.0 Å². The van der Waals surface area contributed by atoms with Crippen molar-refractivity contribution in [3.63, 3.8) is 0 Å². The van der Waals surface area contributed by atoms with Gasteiger partial charge in [0.2, 0.25) is 0 Å². The van der Waals surface area contributed by atoms with Crippen molar-refractivity contribution >= 4 is 23.1 Å². The van der Waals surface area contributed by atoms with Gasteiger partial charge in [-0.3, -0.25) is 4.79 Å². The Bertz CT molecular complexity index is 617. The van der Waals surface area contributed by atoms with Crippen LogP contribution in [0.1, 0.15) is 41.3 Å². The Hall–Kier alpha value is -1.80. The smallest absolute Gasteiger partial charge is 0.167 e. The van der Waals surface area contributed by atoms with E-state index in [1.807, 2.05) is 12.1 Å². The second-order valence-corrected chi connectivity index (χ2v) is 5.64. The minimum atomic E-state index is 0.0469. The first-order chi connectivity index (χ1) is 9.47. The third kappa shape index (κ3) is 3.40. The number of benzene rings is 2. The highest BCUT2D eigenvalue weighted by Gasteiger charge is 2.09. The molecule has 0 aromatic heterocycles. The van der Waals surface area contributed by atoms with Gasteiger partial charge in [0.15, 0.2) is 5.78 Å². The molecule has 0 bridgehead atoms. The standard InChI is InChI=1S/C17H18ClNO/c1-11(2)13-5-3-12(4-6-13)9-17(20)14-7-8-15(18)16(19)10-14/h3-8,10-11H,9,19H2,1-2H3. The zero-order chi connectivity index (χ0) is 14.7. The van der Waals surface area contributed by atoms with Gasteiger partial charge in [-0.2, -0.15) is 0 Å². The highest BCUT2D eigenvalue weighted by atomic mass is 35.5. The first-order valence-corrected chi connectivity index (χ1v) is 7.02. The molecule has 0 saturated carbocycles. The summed E-state index contributed by atoms with van der Waals surface area (Å²) >= 11 is 5.86. The van der Waals surface area contributed by atoms with E-state index in [0.29, 0.717) is 28.6 Å². The van der Waals surface area contributed by atoms with Crippen molar-refractivity contribution in [3.8, 4) is 0 Å². The average Bonchev–Trinajstić information content (AvgIpc) is 2.42. The van der Waals surface area contributed by atoms with Crippen LogP contribution in [0.5, 0.6) is 0 Å². The number of anilines is 1. The lowest BCUT2D eigenvalue weighted by molar-refractivity contribution is 0.0993. The number of Topliss-reactive ketones (excluding diaryl/α,β-unsaturated/α-hetero) is 1. The monoisotopic (exact) mass is 287 g/mol. The van der Waals surface area contributed by atoms with Gasteiger partial charge in [0.1, 0.15) is 0 Å². The Morgan fingerprint density at radius 1 is 1.15 bits per heavy atom. The molecule has 0 aliphatic carbocycles. The molecule has 2 aromatic carbocycles. The molecule has 0 spiro atoms. The molecule has 104 valence electrons. The number of nitrogen functional groups attached to an aromatic ring is 1. The summed E-state index contributed by atoms with van der Waals surface area (Å²) in [7, 11) is 0. The van der Waals surface area contributed by atoms with Crippen molar-refractivity contribution in [2.24, 2.45) is 0 Å². The molecule has 0 atom stereocenters. The van der Waals surface area contributed by atoms with Crippen LogP contribution >= 0.6 is 11.6 Å². The van der Waals surface area contributed by atoms with E-state index in [9.17, 15) is 4.79 Å². The van der Waals surface area contributed by atoms with Gasteiger partial charge in [-0.25, -0.2) is 0 Å². The number of ketones is 1. The molecule has 0 aliphatic heterocycles. The predicted molar refractivity (Wildman–Crippen MR) is 84.4 cm³/mol. The largest absolute Gasteiger partial charge is 0.398 e. The molecule has 2 N–H and O–H groups in total.